The van der Waals surface area contributed by atoms with E-state index in [1.54, 1.807) is 6.07 Å². The first-order valence-corrected chi connectivity index (χ1v) is 7.86. The number of fused-ring (bicyclic) bond motifs is 1. The Hall–Kier alpha value is -2.69. The zero-order valence-corrected chi connectivity index (χ0v) is 14.3. The van der Waals surface area contributed by atoms with Crippen molar-refractivity contribution in [3.8, 4) is 0 Å². The minimum absolute atomic E-state index is 0.162. The van der Waals surface area contributed by atoms with Crippen molar-refractivity contribution in [1.29, 1.82) is 0 Å². The second-order valence-corrected chi connectivity index (χ2v) is 7.05. The Morgan fingerprint density at radius 3 is 2.54 bits per heavy atom. The summed E-state index contributed by atoms with van der Waals surface area (Å²) in [6.07, 6.45) is 0. The van der Waals surface area contributed by atoms with Gasteiger partial charge in [-0.15, -0.1) is 0 Å². The molecule has 0 aliphatic rings. The van der Waals surface area contributed by atoms with Crippen LogP contribution in [0.4, 0.5) is 0 Å². The molecule has 0 radical (unpaired) electrons. The maximum atomic E-state index is 12.2. The molecule has 0 bridgehead atoms. The molecule has 0 amide bonds. The lowest BCUT2D eigenvalue weighted by atomic mass is 9.92. The molecule has 0 aliphatic heterocycles. The fourth-order valence-corrected chi connectivity index (χ4v) is 2.59. The summed E-state index contributed by atoms with van der Waals surface area (Å²) in [7, 11) is 0. The number of benzene rings is 1. The lowest BCUT2D eigenvalue weighted by Crippen LogP contribution is -2.27. The van der Waals surface area contributed by atoms with Crippen molar-refractivity contribution in [1.82, 2.24) is 9.78 Å². The van der Waals surface area contributed by atoms with E-state index in [4.69, 9.17) is 4.42 Å². The maximum absolute atomic E-state index is 12.2. The molecule has 0 atom stereocenters. The molecule has 0 fully saturated rings. The van der Waals surface area contributed by atoms with Crippen LogP contribution in [0.5, 0.6) is 0 Å². The Kier molecular flexibility index (Phi) is 3.87. The smallest absolute Gasteiger partial charge is 0.336 e. The summed E-state index contributed by atoms with van der Waals surface area (Å²) < 4.78 is 6.66. The van der Waals surface area contributed by atoms with Crippen molar-refractivity contribution >= 4 is 11.0 Å². The van der Waals surface area contributed by atoms with E-state index in [9.17, 15) is 9.59 Å². The summed E-state index contributed by atoms with van der Waals surface area (Å²) in [6, 6.07) is 10.4. The third-order valence-electron chi connectivity index (χ3n) is 3.94. The van der Waals surface area contributed by atoms with Crippen molar-refractivity contribution in [2.75, 3.05) is 0 Å². The van der Waals surface area contributed by atoms with E-state index >= 15 is 0 Å². The SMILES string of the molecule is Cc1ccc2c(Cn3nc(C(C)(C)C)ccc3=O)cc(=O)oc2c1. The van der Waals surface area contributed by atoms with Crippen molar-refractivity contribution < 1.29 is 4.42 Å². The average Bonchev–Trinajstić information content (AvgIpc) is 2.47. The van der Waals surface area contributed by atoms with Gasteiger partial charge in [-0.25, -0.2) is 9.48 Å². The maximum Gasteiger partial charge on any atom is 0.336 e. The molecule has 2 aromatic heterocycles. The van der Waals surface area contributed by atoms with Crippen LogP contribution in [0, 0.1) is 6.92 Å². The van der Waals surface area contributed by atoms with Crippen LogP contribution in [0.25, 0.3) is 11.0 Å². The number of hydrogen-bond acceptors (Lipinski definition) is 4. The van der Waals surface area contributed by atoms with Gasteiger partial charge in [0, 0.05) is 22.9 Å². The van der Waals surface area contributed by atoms with Crippen LogP contribution in [-0.2, 0) is 12.0 Å². The van der Waals surface area contributed by atoms with E-state index in [2.05, 4.69) is 5.10 Å². The Bertz CT molecular complexity index is 1020. The largest absolute Gasteiger partial charge is 0.423 e. The van der Waals surface area contributed by atoms with Gasteiger partial charge in [-0.1, -0.05) is 32.9 Å². The molecular weight excluding hydrogens is 304 g/mol. The quantitative estimate of drug-likeness (QED) is 0.680. The molecule has 1 aromatic carbocycles. The topological polar surface area (TPSA) is 65.1 Å². The molecule has 124 valence electrons. The molecule has 0 N–H and O–H groups in total. The van der Waals surface area contributed by atoms with Crippen molar-refractivity contribution in [3.63, 3.8) is 0 Å². The van der Waals surface area contributed by atoms with Crippen LogP contribution in [-0.4, -0.2) is 9.78 Å². The van der Waals surface area contributed by atoms with E-state index < -0.39 is 5.63 Å². The van der Waals surface area contributed by atoms with Crippen molar-refractivity contribution in [3.05, 3.63) is 74.0 Å². The molecule has 0 saturated carbocycles. The fraction of sp³-hybridized carbons (Fsp3) is 0.316. The average molecular weight is 324 g/mol. The van der Waals surface area contributed by atoms with Crippen LogP contribution in [0.2, 0.25) is 0 Å². The van der Waals surface area contributed by atoms with Crippen LogP contribution >= 0.6 is 0 Å². The molecule has 3 rings (SSSR count). The third-order valence-corrected chi connectivity index (χ3v) is 3.94. The van der Waals surface area contributed by atoms with E-state index in [1.807, 2.05) is 45.9 Å². The van der Waals surface area contributed by atoms with Crippen LogP contribution in [0.15, 0.2) is 50.4 Å². The highest BCUT2D eigenvalue weighted by Gasteiger charge is 2.17. The predicted octanol–water partition coefficient (Wildman–Crippen LogP) is 3.00. The van der Waals surface area contributed by atoms with Gasteiger partial charge < -0.3 is 4.42 Å². The Balaban J connectivity index is 2.14. The number of nitrogens with zero attached hydrogens (tertiary/aromatic N) is 2. The van der Waals surface area contributed by atoms with Gasteiger partial charge in [-0.05, 0) is 30.2 Å². The molecule has 5 heteroatoms. The van der Waals surface area contributed by atoms with Gasteiger partial charge in [0.15, 0.2) is 0 Å². The van der Waals surface area contributed by atoms with Gasteiger partial charge in [-0.2, -0.15) is 5.10 Å². The van der Waals surface area contributed by atoms with E-state index in [0.717, 1.165) is 22.2 Å². The summed E-state index contributed by atoms with van der Waals surface area (Å²) >= 11 is 0. The molecule has 0 spiro atoms. The molecule has 3 aromatic rings. The van der Waals surface area contributed by atoms with Gasteiger partial charge in [0.25, 0.3) is 5.56 Å². The van der Waals surface area contributed by atoms with E-state index in [0.29, 0.717) is 5.58 Å². The normalized spacial score (nSPS) is 11.8. The zero-order chi connectivity index (χ0) is 17.5. The minimum Gasteiger partial charge on any atom is -0.423 e. The zero-order valence-electron chi connectivity index (χ0n) is 14.3. The number of rotatable bonds is 2. The molecule has 24 heavy (non-hydrogen) atoms. The Labute approximate surface area is 139 Å². The molecule has 2 heterocycles. The minimum atomic E-state index is -0.428. The third kappa shape index (κ3) is 3.15. The number of aromatic nitrogens is 2. The van der Waals surface area contributed by atoms with Gasteiger partial charge >= 0.3 is 5.63 Å². The molecule has 5 nitrogen and oxygen atoms in total. The Morgan fingerprint density at radius 2 is 1.83 bits per heavy atom. The van der Waals surface area contributed by atoms with Gasteiger partial charge in [0.05, 0.1) is 12.2 Å². The lowest BCUT2D eigenvalue weighted by Gasteiger charge is -2.18. The molecular formula is C19H20N2O3. The van der Waals surface area contributed by atoms with Crippen molar-refractivity contribution in [2.24, 2.45) is 0 Å². The standard InChI is InChI=1S/C19H20N2O3/c1-12-5-6-14-13(10-18(23)24-15(14)9-12)11-21-17(22)8-7-16(20-21)19(2,3)4/h5-10H,11H2,1-4H3. The monoisotopic (exact) mass is 324 g/mol. The second kappa shape index (κ2) is 5.74. The first-order chi connectivity index (χ1) is 11.2. The van der Waals surface area contributed by atoms with Crippen LogP contribution < -0.4 is 11.2 Å². The summed E-state index contributed by atoms with van der Waals surface area (Å²) in [5.41, 5.74) is 2.29. The highest BCUT2D eigenvalue weighted by molar-refractivity contribution is 5.80. The van der Waals surface area contributed by atoms with E-state index in [1.165, 1.54) is 16.8 Å². The first kappa shape index (κ1) is 16.2. The molecule has 0 saturated heterocycles. The molecule has 0 unspecified atom stereocenters. The predicted molar refractivity (Wildman–Crippen MR) is 93.5 cm³/mol. The number of aryl methyl sites for hydroxylation is 1. The lowest BCUT2D eigenvalue weighted by molar-refractivity contribution is 0.515. The second-order valence-electron chi connectivity index (χ2n) is 7.05. The highest BCUT2D eigenvalue weighted by Crippen LogP contribution is 2.20. The van der Waals surface area contributed by atoms with Gasteiger partial charge in [0.2, 0.25) is 0 Å². The number of hydrogen-bond donors (Lipinski definition) is 0. The van der Waals surface area contributed by atoms with Crippen LogP contribution in [0.1, 0.15) is 37.6 Å². The fourth-order valence-electron chi connectivity index (χ4n) is 2.59. The van der Waals surface area contributed by atoms with Gasteiger partial charge in [-0.3, -0.25) is 4.79 Å². The van der Waals surface area contributed by atoms with E-state index in [-0.39, 0.29) is 17.5 Å². The highest BCUT2D eigenvalue weighted by atomic mass is 16.4. The Morgan fingerprint density at radius 1 is 1.08 bits per heavy atom. The summed E-state index contributed by atoms with van der Waals surface area (Å²) in [6.45, 7) is 8.29. The first-order valence-electron chi connectivity index (χ1n) is 7.86. The molecule has 0 aliphatic carbocycles. The van der Waals surface area contributed by atoms with Gasteiger partial charge in [0.1, 0.15) is 5.58 Å². The van der Waals surface area contributed by atoms with Crippen LogP contribution in [0.3, 0.4) is 0 Å². The summed E-state index contributed by atoms with van der Waals surface area (Å²) in [5, 5.41) is 5.28. The van der Waals surface area contributed by atoms with Crippen molar-refractivity contribution in [2.45, 2.75) is 39.7 Å². The summed E-state index contributed by atoms with van der Waals surface area (Å²) in [4.78, 5) is 24.0. The summed E-state index contributed by atoms with van der Waals surface area (Å²) in [5.74, 6) is 0.